The first kappa shape index (κ1) is 21.3. The highest BCUT2D eigenvalue weighted by molar-refractivity contribution is 5.58. The molecule has 0 amide bonds. The molecule has 3 saturated heterocycles. The second-order valence-corrected chi connectivity index (χ2v) is 11.4. The maximum absolute atomic E-state index is 4.91. The molecular formula is C29H39N5. The Morgan fingerprint density at radius 2 is 1.88 bits per heavy atom. The molecule has 34 heavy (non-hydrogen) atoms. The number of aryl methyl sites for hydroxylation is 1. The third-order valence-corrected chi connectivity index (χ3v) is 9.51. The van der Waals surface area contributed by atoms with Crippen molar-refractivity contribution >= 4 is 5.69 Å². The average molecular weight is 458 g/mol. The molecule has 5 nitrogen and oxygen atoms in total. The Balaban J connectivity index is 1.11. The van der Waals surface area contributed by atoms with E-state index in [0.29, 0.717) is 12.1 Å². The van der Waals surface area contributed by atoms with E-state index >= 15 is 0 Å². The number of hydrogen-bond donors (Lipinski definition) is 1. The predicted molar refractivity (Wildman–Crippen MR) is 137 cm³/mol. The topological polar surface area (TPSA) is 34.6 Å². The smallest absolute Gasteiger partial charge is 0.0610 e. The van der Waals surface area contributed by atoms with E-state index in [9.17, 15) is 0 Å². The van der Waals surface area contributed by atoms with Gasteiger partial charge in [-0.3, -0.25) is 14.8 Å². The summed E-state index contributed by atoms with van der Waals surface area (Å²) in [7, 11) is 0. The van der Waals surface area contributed by atoms with Gasteiger partial charge in [0.05, 0.1) is 11.7 Å². The minimum atomic E-state index is 0.521. The second-order valence-electron chi connectivity index (χ2n) is 11.4. The lowest BCUT2D eigenvalue weighted by Gasteiger charge is -2.46. The number of aromatic nitrogens is 1. The van der Waals surface area contributed by atoms with Crippen molar-refractivity contribution in [2.24, 2.45) is 5.92 Å². The summed E-state index contributed by atoms with van der Waals surface area (Å²) in [5.74, 6) is 0.783. The molecule has 7 rings (SSSR count). The first-order valence-electron chi connectivity index (χ1n) is 13.8. The van der Waals surface area contributed by atoms with E-state index in [1.54, 1.807) is 5.56 Å². The van der Waals surface area contributed by atoms with Crippen molar-refractivity contribution in [2.75, 3.05) is 44.2 Å². The van der Waals surface area contributed by atoms with E-state index in [0.717, 1.165) is 31.5 Å². The third kappa shape index (κ3) is 3.77. The van der Waals surface area contributed by atoms with Crippen molar-refractivity contribution < 1.29 is 0 Å². The molecule has 1 aliphatic carbocycles. The zero-order valence-corrected chi connectivity index (χ0v) is 20.5. The molecule has 1 aromatic heterocycles. The summed E-state index contributed by atoms with van der Waals surface area (Å²) in [6, 6.07) is 13.3. The average Bonchev–Trinajstić information content (AvgIpc) is 3.36. The van der Waals surface area contributed by atoms with Crippen LogP contribution in [0.15, 0.2) is 36.5 Å². The minimum Gasteiger partial charge on any atom is -0.368 e. The highest BCUT2D eigenvalue weighted by Crippen LogP contribution is 2.43. The number of rotatable bonds is 3. The molecule has 0 spiro atoms. The first-order valence-corrected chi connectivity index (χ1v) is 13.8. The van der Waals surface area contributed by atoms with Crippen LogP contribution in [0.3, 0.4) is 0 Å². The number of likely N-dealkylation sites (tertiary alicyclic amines) is 1. The lowest BCUT2D eigenvalue weighted by molar-refractivity contribution is 0.0661. The Kier molecular flexibility index (Phi) is 5.60. The minimum absolute atomic E-state index is 0.521. The van der Waals surface area contributed by atoms with Crippen LogP contribution >= 0.6 is 0 Å². The van der Waals surface area contributed by atoms with Crippen LogP contribution in [0.5, 0.6) is 0 Å². The van der Waals surface area contributed by atoms with Crippen LogP contribution in [0.4, 0.5) is 5.69 Å². The maximum Gasteiger partial charge on any atom is 0.0610 e. The van der Waals surface area contributed by atoms with Crippen molar-refractivity contribution in [1.29, 1.82) is 0 Å². The Morgan fingerprint density at radius 1 is 0.941 bits per heavy atom. The van der Waals surface area contributed by atoms with Crippen LogP contribution in [0.25, 0.3) is 0 Å². The Hall–Kier alpha value is -1.95. The molecule has 0 saturated carbocycles. The fourth-order valence-electron chi connectivity index (χ4n) is 7.84. The molecule has 2 aromatic rings. The highest BCUT2D eigenvalue weighted by atomic mass is 15.3. The van der Waals surface area contributed by atoms with Gasteiger partial charge < -0.3 is 10.2 Å². The van der Waals surface area contributed by atoms with E-state index in [-0.39, 0.29) is 0 Å². The Bertz CT molecular complexity index is 1040. The number of nitrogens with one attached hydrogen (secondary N) is 1. The number of piperidine rings is 1. The zero-order valence-electron chi connectivity index (χ0n) is 20.5. The normalized spacial score (nSPS) is 31.5. The van der Waals surface area contributed by atoms with Gasteiger partial charge in [0.25, 0.3) is 0 Å². The molecule has 4 atom stereocenters. The van der Waals surface area contributed by atoms with Crippen LogP contribution in [-0.2, 0) is 19.4 Å². The summed E-state index contributed by atoms with van der Waals surface area (Å²) in [5, 5.41) is 3.92. The summed E-state index contributed by atoms with van der Waals surface area (Å²) in [5.41, 5.74) is 7.53. The number of pyridine rings is 1. The molecule has 5 heteroatoms. The van der Waals surface area contributed by atoms with Gasteiger partial charge in [-0.25, -0.2) is 0 Å². The number of benzene rings is 1. The Morgan fingerprint density at radius 3 is 2.88 bits per heavy atom. The van der Waals surface area contributed by atoms with Crippen molar-refractivity contribution in [3.05, 3.63) is 58.9 Å². The van der Waals surface area contributed by atoms with Gasteiger partial charge in [0.1, 0.15) is 0 Å². The van der Waals surface area contributed by atoms with Crippen LogP contribution in [0.1, 0.15) is 60.5 Å². The molecule has 4 aliphatic heterocycles. The molecule has 180 valence electrons. The largest absolute Gasteiger partial charge is 0.368 e. The van der Waals surface area contributed by atoms with Gasteiger partial charge >= 0.3 is 0 Å². The molecule has 5 heterocycles. The monoisotopic (exact) mass is 457 g/mol. The molecule has 5 aliphatic rings. The van der Waals surface area contributed by atoms with Crippen LogP contribution in [0.2, 0.25) is 0 Å². The fourth-order valence-corrected chi connectivity index (χ4v) is 7.84. The summed E-state index contributed by atoms with van der Waals surface area (Å²) >= 11 is 0. The molecule has 0 bridgehead atoms. The molecule has 0 radical (unpaired) electrons. The maximum atomic E-state index is 4.91. The number of anilines is 1. The van der Waals surface area contributed by atoms with Gasteiger partial charge in [0, 0.05) is 56.7 Å². The number of nitrogens with zero attached hydrogens (tertiary/aromatic N) is 4. The lowest BCUT2D eigenvalue weighted by Crippen LogP contribution is -2.52. The van der Waals surface area contributed by atoms with Crippen molar-refractivity contribution in [3.63, 3.8) is 0 Å². The molecular weight excluding hydrogens is 418 g/mol. The van der Waals surface area contributed by atoms with Crippen LogP contribution in [-0.4, -0.2) is 66.1 Å². The van der Waals surface area contributed by atoms with Crippen molar-refractivity contribution in [1.82, 2.24) is 20.1 Å². The highest BCUT2D eigenvalue weighted by Gasteiger charge is 2.39. The number of hydrogen-bond acceptors (Lipinski definition) is 5. The summed E-state index contributed by atoms with van der Waals surface area (Å²) in [4.78, 5) is 13.1. The fraction of sp³-hybridized carbons (Fsp3) is 0.621. The van der Waals surface area contributed by atoms with E-state index in [2.05, 4.69) is 50.3 Å². The van der Waals surface area contributed by atoms with E-state index in [1.807, 2.05) is 6.20 Å². The SMILES string of the molecule is c1cnc2c(c1)CC[C@@H]1CCCN(C[C@H]3Cc4c(cccc4N4CCN5CCC[C@@H]5C4)CN3)[C@H]21. The van der Waals surface area contributed by atoms with Gasteiger partial charge in [-0.05, 0) is 92.8 Å². The molecule has 3 fully saturated rings. The van der Waals surface area contributed by atoms with E-state index in [4.69, 9.17) is 4.98 Å². The van der Waals surface area contributed by atoms with Gasteiger partial charge in [-0.2, -0.15) is 0 Å². The standard InChI is InChI=1S/C29H39N5/c1-5-23-18-31-24(17-26(23)27(9-1)33-16-15-32-13-4-8-25(32)20-33)19-34-14-3-7-22-11-10-21-6-2-12-30-28(21)29(22)34/h1-2,5-6,9,12,22,24-25,29,31H,3-4,7-8,10-11,13-20H2/t22-,24+,25+,29-/m0/s1. The quantitative estimate of drug-likeness (QED) is 0.759. The number of piperazine rings is 1. The van der Waals surface area contributed by atoms with Gasteiger partial charge in [-0.15, -0.1) is 0 Å². The van der Waals surface area contributed by atoms with Gasteiger partial charge in [-0.1, -0.05) is 18.2 Å². The van der Waals surface area contributed by atoms with Gasteiger partial charge in [0.2, 0.25) is 0 Å². The number of fused-ring (bicyclic) bond motifs is 5. The molecule has 1 aromatic carbocycles. The lowest BCUT2D eigenvalue weighted by atomic mass is 9.76. The summed E-state index contributed by atoms with van der Waals surface area (Å²) in [6.45, 7) is 8.31. The zero-order chi connectivity index (χ0) is 22.5. The van der Waals surface area contributed by atoms with Crippen LogP contribution < -0.4 is 10.2 Å². The molecule has 1 N–H and O–H groups in total. The second kappa shape index (κ2) is 8.92. The van der Waals surface area contributed by atoms with Crippen molar-refractivity contribution in [2.45, 2.75) is 69.6 Å². The predicted octanol–water partition coefficient (Wildman–Crippen LogP) is 3.78. The van der Waals surface area contributed by atoms with E-state index in [1.165, 1.54) is 93.8 Å². The Labute approximate surface area is 204 Å². The summed E-state index contributed by atoms with van der Waals surface area (Å²) in [6.07, 6.45) is 11.2. The third-order valence-electron chi connectivity index (χ3n) is 9.51. The van der Waals surface area contributed by atoms with Gasteiger partial charge in [0.15, 0.2) is 0 Å². The van der Waals surface area contributed by atoms with E-state index < -0.39 is 0 Å². The van der Waals surface area contributed by atoms with Crippen LogP contribution in [0, 0.1) is 5.92 Å². The summed E-state index contributed by atoms with van der Waals surface area (Å²) < 4.78 is 0. The molecule has 0 unspecified atom stereocenters. The first-order chi connectivity index (χ1) is 16.8. The van der Waals surface area contributed by atoms with Crippen molar-refractivity contribution in [3.8, 4) is 0 Å².